The molecule has 1 aromatic heterocycles. The normalized spacial score (nSPS) is 10.1. The Hall–Kier alpha value is -2.36. The number of aromatic nitrogens is 1. The monoisotopic (exact) mass is 269 g/mol. The Kier molecular flexibility index (Phi) is 4.71. The van der Waals surface area contributed by atoms with Gasteiger partial charge in [0.1, 0.15) is 5.82 Å². The van der Waals surface area contributed by atoms with E-state index in [1.807, 2.05) is 43.3 Å². The number of hydrogen-bond acceptors (Lipinski definition) is 3. The lowest BCUT2D eigenvalue weighted by Crippen LogP contribution is -2.12. The first-order valence-electron chi connectivity index (χ1n) is 6.83. The van der Waals surface area contributed by atoms with Crippen molar-refractivity contribution in [3.8, 4) is 0 Å². The summed E-state index contributed by atoms with van der Waals surface area (Å²) in [6.45, 7) is 4.92. The average molecular weight is 269 g/mol. The molecule has 0 spiro atoms. The van der Waals surface area contributed by atoms with Gasteiger partial charge >= 0.3 is 0 Å². The van der Waals surface area contributed by atoms with Gasteiger partial charge in [-0.1, -0.05) is 19.1 Å². The zero-order valence-corrected chi connectivity index (χ0v) is 11.8. The van der Waals surface area contributed by atoms with Crippen LogP contribution in [0.1, 0.15) is 29.8 Å². The number of aryl methyl sites for hydroxylation is 1. The molecule has 0 saturated heterocycles. The molecule has 2 rings (SSSR count). The molecule has 0 unspecified atom stereocenters. The van der Waals surface area contributed by atoms with E-state index in [1.165, 1.54) is 5.56 Å². The molecule has 1 aromatic carbocycles. The third kappa shape index (κ3) is 3.57. The van der Waals surface area contributed by atoms with Crippen LogP contribution in [0, 0.1) is 0 Å². The molecule has 0 radical (unpaired) electrons. The fraction of sp³-hybridized carbons (Fsp3) is 0.250. The maximum Gasteiger partial charge on any atom is 0.255 e. The fourth-order valence-electron chi connectivity index (χ4n) is 1.85. The second-order valence-electron chi connectivity index (χ2n) is 4.47. The molecule has 2 N–H and O–H groups in total. The summed E-state index contributed by atoms with van der Waals surface area (Å²) in [6, 6.07) is 11.3. The Morgan fingerprint density at radius 3 is 2.40 bits per heavy atom. The number of rotatable bonds is 5. The largest absolute Gasteiger partial charge is 0.370 e. The van der Waals surface area contributed by atoms with Crippen LogP contribution >= 0.6 is 0 Å². The molecule has 0 aliphatic carbocycles. The minimum atomic E-state index is -0.120. The van der Waals surface area contributed by atoms with E-state index in [9.17, 15) is 4.79 Å². The van der Waals surface area contributed by atoms with Crippen LogP contribution in [0.3, 0.4) is 0 Å². The van der Waals surface area contributed by atoms with Crippen molar-refractivity contribution in [2.75, 3.05) is 17.2 Å². The molecule has 20 heavy (non-hydrogen) atoms. The fourth-order valence-corrected chi connectivity index (χ4v) is 1.85. The van der Waals surface area contributed by atoms with Gasteiger partial charge in [-0.2, -0.15) is 0 Å². The minimum absolute atomic E-state index is 0.120. The van der Waals surface area contributed by atoms with Gasteiger partial charge in [-0.3, -0.25) is 4.79 Å². The summed E-state index contributed by atoms with van der Waals surface area (Å²) in [4.78, 5) is 16.3. The van der Waals surface area contributed by atoms with Crippen LogP contribution in [-0.4, -0.2) is 17.4 Å². The van der Waals surface area contributed by atoms with Crippen LogP contribution in [0.25, 0.3) is 0 Å². The predicted molar refractivity (Wildman–Crippen MR) is 82.2 cm³/mol. The first-order chi connectivity index (χ1) is 9.72. The Bertz CT molecular complexity index is 561. The van der Waals surface area contributed by atoms with E-state index in [4.69, 9.17) is 0 Å². The number of nitrogens with one attached hydrogen (secondary N) is 2. The first kappa shape index (κ1) is 14.1. The van der Waals surface area contributed by atoms with Crippen molar-refractivity contribution in [1.29, 1.82) is 0 Å². The number of anilines is 2. The highest BCUT2D eigenvalue weighted by atomic mass is 16.1. The summed E-state index contributed by atoms with van der Waals surface area (Å²) in [5, 5.41) is 5.94. The lowest BCUT2D eigenvalue weighted by molar-refractivity contribution is 0.102. The molecule has 1 amide bonds. The molecule has 0 saturated carbocycles. The number of carbonyl (C=O) groups excluding carboxylic acids is 1. The highest BCUT2D eigenvalue weighted by Crippen LogP contribution is 2.12. The van der Waals surface area contributed by atoms with Crippen LogP contribution in [0.2, 0.25) is 0 Å². The van der Waals surface area contributed by atoms with E-state index in [2.05, 4.69) is 22.5 Å². The average Bonchev–Trinajstić information content (AvgIpc) is 2.49. The van der Waals surface area contributed by atoms with Gasteiger partial charge < -0.3 is 10.6 Å². The molecular formula is C16H19N3O. The zero-order chi connectivity index (χ0) is 14.4. The summed E-state index contributed by atoms with van der Waals surface area (Å²) in [6.07, 6.45) is 2.62. The summed E-state index contributed by atoms with van der Waals surface area (Å²) in [7, 11) is 0. The maximum absolute atomic E-state index is 12.1. The van der Waals surface area contributed by atoms with Crippen LogP contribution in [0.4, 0.5) is 11.5 Å². The topological polar surface area (TPSA) is 54.0 Å². The molecular weight excluding hydrogens is 250 g/mol. The lowest BCUT2D eigenvalue weighted by atomic mass is 10.1. The molecule has 4 nitrogen and oxygen atoms in total. The van der Waals surface area contributed by atoms with Crippen molar-refractivity contribution in [3.63, 3.8) is 0 Å². The molecule has 1 heterocycles. The number of pyridine rings is 1. The van der Waals surface area contributed by atoms with Crippen molar-refractivity contribution < 1.29 is 4.79 Å². The van der Waals surface area contributed by atoms with Gasteiger partial charge in [-0.25, -0.2) is 4.98 Å². The summed E-state index contributed by atoms with van der Waals surface area (Å²) >= 11 is 0. The standard InChI is InChI=1S/C16H19N3O/c1-3-12-5-7-13(8-6-12)16(20)19-14-9-10-15(17-4-2)18-11-14/h5-11H,3-4H2,1-2H3,(H,17,18)(H,19,20). The molecule has 0 fully saturated rings. The van der Waals surface area contributed by atoms with Gasteiger partial charge in [-0.05, 0) is 43.2 Å². The smallest absolute Gasteiger partial charge is 0.255 e. The third-order valence-corrected chi connectivity index (χ3v) is 3.00. The van der Waals surface area contributed by atoms with Crippen LogP contribution in [0.15, 0.2) is 42.6 Å². The molecule has 0 bridgehead atoms. The van der Waals surface area contributed by atoms with E-state index in [0.717, 1.165) is 18.8 Å². The number of nitrogens with zero attached hydrogens (tertiary/aromatic N) is 1. The van der Waals surface area contributed by atoms with E-state index in [0.29, 0.717) is 11.3 Å². The van der Waals surface area contributed by atoms with Crippen molar-refractivity contribution >= 4 is 17.4 Å². The zero-order valence-electron chi connectivity index (χ0n) is 11.8. The minimum Gasteiger partial charge on any atom is -0.370 e. The van der Waals surface area contributed by atoms with E-state index in [-0.39, 0.29) is 5.91 Å². The molecule has 4 heteroatoms. The number of carbonyl (C=O) groups is 1. The summed E-state index contributed by atoms with van der Waals surface area (Å²) in [5.74, 6) is 0.684. The predicted octanol–water partition coefficient (Wildman–Crippen LogP) is 3.33. The third-order valence-electron chi connectivity index (χ3n) is 3.00. The Morgan fingerprint density at radius 2 is 1.85 bits per heavy atom. The van der Waals surface area contributed by atoms with Crippen molar-refractivity contribution in [3.05, 3.63) is 53.7 Å². The van der Waals surface area contributed by atoms with Crippen molar-refractivity contribution in [2.24, 2.45) is 0 Å². The van der Waals surface area contributed by atoms with Crippen molar-refractivity contribution in [1.82, 2.24) is 4.98 Å². The Balaban J connectivity index is 2.02. The number of benzene rings is 1. The Morgan fingerprint density at radius 1 is 1.10 bits per heavy atom. The molecule has 0 atom stereocenters. The highest BCUT2D eigenvalue weighted by Gasteiger charge is 2.06. The highest BCUT2D eigenvalue weighted by molar-refractivity contribution is 6.04. The number of hydrogen-bond donors (Lipinski definition) is 2. The van der Waals surface area contributed by atoms with E-state index < -0.39 is 0 Å². The van der Waals surface area contributed by atoms with Gasteiger partial charge in [0, 0.05) is 12.1 Å². The second-order valence-corrected chi connectivity index (χ2v) is 4.47. The lowest BCUT2D eigenvalue weighted by Gasteiger charge is -2.07. The second kappa shape index (κ2) is 6.70. The maximum atomic E-state index is 12.1. The molecule has 2 aromatic rings. The van der Waals surface area contributed by atoms with Crippen LogP contribution < -0.4 is 10.6 Å². The van der Waals surface area contributed by atoms with Crippen LogP contribution in [-0.2, 0) is 6.42 Å². The van der Waals surface area contributed by atoms with Crippen molar-refractivity contribution in [2.45, 2.75) is 20.3 Å². The van der Waals surface area contributed by atoms with Gasteiger partial charge in [0.25, 0.3) is 5.91 Å². The van der Waals surface area contributed by atoms with Gasteiger partial charge in [0.05, 0.1) is 11.9 Å². The number of amides is 1. The van der Waals surface area contributed by atoms with Gasteiger partial charge in [0.15, 0.2) is 0 Å². The van der Waals surface area contributed by atoms with E-state index in [1.54, 1.807) is 6.20 Å². The SMILES string of the molecule is CCNc1ccc(NC(=O)c2ccc(CC)cc2)cn1. The summed E-state index contributed by atoms with van der Waals surface area (Å²) < 4.78 is 0. The van der Waals surface area contributed by atoms with Gasteiger partial charge in [-0.15, -0.1) is 0 Å². The molecule has 0 aliphatic rings. The van der Waals surface area contributed by atoms with Gasteiger partial charge in [0.2, 0.25) is 0 Å². The Labute approximate surface area is 119 Å². The molecule has 0 aliphatic heterocycles. The summed E-state index contributed by atoms with van der Waals surface area (Å²) in [5.41, 5.74) is 2.56. The van der Waals surface area contributed by atoms with Crippen LogP contribution in [0.5, 0.6) is 0 Å². The van der Waals surface area contributed by atoms with E-state index >= 15 is 0 Å². The quantitative estimate of drug-likeness (QED) is 0.875. The molecule has 104 valence electrons. The first-order valence-corrected chi connectivity index (χ1v) is 6.83.